The Morgan fingerprint density at radius 1 is 1.29 bits per heavy atom. The lowest BCUT2D eigenvalue weighted by Gasteiger charge is -2.14. The number of rotatable bonds is 6. The average Bonchev–Trinajstić information content (AvgIpc) is 2.87. The van der Waals surface area contributed by atoms with Crippen LogP contribution in [0.3, 0.4) is 0 Å². The molecule has 6 heteroatoms. The molecule has 0 N–H and O–H groups in total. The number of ether oxygens (including phenoxy) is 1. The molecule has 0 radical (unpaired) electrons. The van der Waals surface area contributed by atoms with Crippen molar-refractivity contribution in [1.82, 2.24) is 9.55 Å². The molecule has 0 saturated carbocycles. The standard InChI is InChI=1S/C15H20N2O3S/c1-4-20-12(2)15-16-9-10-17(15)11-13-5-7-14(8-6-13)21(3,18)19/h5-10,12H,4,11H2,1-3H3. The van der Waals surface area contributed by atoms with Crippen LogP contribution in [-0.4, -0.2) is 30.8 Å². The lowest BCUT2D eigenvalue weighted by atomic mass is 10.2. The minimum absolute atomic E-state index is 0.0692. The van der Waals surface area contributed by atoms with E-state index in [4.69, 9.17) is 4.74 Å². The monoisotopic (exact) mass is 308 g/mol. The molecule has 5 nitrogen and oxygen atoms in total. The van der Waals surface area contributed by atoms with Gasteiger partial charge in [0.2, 0.25) is 0 Å². The van der Waals surface area contributed by atoms with Crippen molar-refractivity contribution in [3.05, 3.63) is 48.0 Å². The normalized spacial score (nSPS) is 13.3. The Labute approximate surface area is 125 Å². The van der Waals surface area contributed by atoms with Gasteiger partial charge in [0.25, 0.3) is 0 Å². The van der Waals surface area contributed by atoms with Crippen molar-refractivity contribution in [2.45, 2.75) is 31.4 Å². The van der Waals surface area contributed by atoms with Crippen LogP contribution in [0.15, 0.2) is 41.6 Å². The number of aromatic nitrogens is 2. The highest BCUT2D eigenvalue weighted by Gasteiger charge is 2.12. The largest absolute Gasteiger partial charge is 0.371 e. The summed E-state index contributed by atoms with van der Waals surface area (Å²) in [7, 11) is -3.15. The van der Waals surface area contributed by atoms with Crippen molar-refractivity contribution in [2.24, 2.45) is 0 Å². The van der Waals surface area contributed by atoms with E-state index < -0.39 is 9.84 Å². The van der Waals surface area contributed by atoms with Gasteiger partial charge in [-0.3, -0.25) is 0 Å². The van der Waals surface area contributed by atoms with Gasteiger partial charge in [-0.05, 0) is 31.5 Å². The highest BCUT2D eigenvalue weighted by Crippen LogP contribution is 2.17. The Morgan fingerprint density at radius 3 is 2.52 bits per heavy atom. The van der Waals surface area contributed by atoms with Crippen LogP contribution in [0.25, 0.3) is 0 Å². The second kappa shape index (κ2) is 6.41. The third-order valence-corrected chi connectivity index (χ3v) is 4.36. The maximum atomic E-state index is 11.4. The summed E-state index contributed by atoms with van der Waals surface area (Å²) in [6.45, 7) is 5.19. The van der Waals surface area contributed by atoms with Gasteiger partial charge in [0.05, 0.1) is 4.90 Å². The summed E-state index contributed by atoms with van der Waals surface area (Å²) in [6.07, 6.45) is 4.78. The molecule has 2 aromatic rings. The Kier molecular flexibility index (Phi) is 4.80. The topological polar surface area (TPSA) is 61.2 Å². The highest BCUT2D eigenvalue weighted by atomic mass is 32.2. The zero-order valence-electron chi connectivity index (χ0n) is 12.5. The van der Waals surface area contributed by atoms with Gasteiger partial charge < -0.3 is 9.30 Å². The highest BCUT2D eigenvalue weighted by molar-refractivity contribution is 7.90. The Morgan fingerprint density at radius 2 is 1.95 bits per heavy atom. The quantitative estimate of drug-likeness (QED) is 0.822. The first-order valence-corrected chi connectivity index (χ1v) is 8.72. The predicted octanol–water partition coefficient (Wildman–Crippen LogP) is 2.43. The maximum Gasteiger partial charge on any atom is 0.175 e. The number of nitrogens with zero attached hydrogens (tertiary/aromatic N) is 2. The molecular formula is C15H20N2O3S. The number of benzene rings is 1. The van der Waals surface area contributed by atoms with E-state index in [0.29, 0.717) is 18.0 Å². The fraction of sp³-hybridized carbons (Fsp3) is 0.400. The average molecular weight is 308 g/mol. The first kappa shape index (κ1) is 15.7. The summed E-state index contributed by atoms with van der Waals surface area (Å²) in [5, 5.41) is 0. The molecule has 0 aliphatic carbocycles. The molecule has 0 aliphatic heterocycles. The van der Waals surface area contributed by atoms with Crippen LogP contribution >= 0.6 is 0 Å². The second-order valence-corrected chi connectivity index (χ2v) is 6.94. The zero-order chi connectivity index (χ0) is 15.5. The van der Waals surface area contributed by atoms with Crippen molar-refractivity contribution >= 4 is 9.84 Å². The van der Waals surface area contributed by atoms with E-state index in [2.05, 4.69) is 4.98 Å². The Hall–Kier alpha value is -1.66. The van der Waals surface area contributed by atoms with Gasteiger partial charge in [0.1, 0.15) is 11.9 Å². The number of sulfone groups is 1. The fourth-order valence-electron chi connectivity index (χ4n) is 2.18. The molecule has 1 atom stereocenters. The van der Waals surface area contributed by atoms with Crippen molar-refractivity contribution in [2.75, 3.05) is 12.9 Å². The number of imidazole rings is 1. The molecule has 0 fully saturated rings. The zero-order valence-corrected chi connectivity index (χ0v) is 13.3. The molecule has 2 rings (SSSR count). The molecule has 1 aromatic heterocycles. The van der Waals surface area contributed by atoms with Gasteiger partial charge in [-0.2, -0.15) is 0 Å². The predicted molar refractivity (Wildman–Crippen MR) is 80.9 cm³/mol. The lowest BCUT2D eigenvalue weighted by molar-refractivity contribution is 0.0677. The lowest BCUT2D eigenvalue weighted by Crippen LogP contribution is -2.10. The van der Waals surface area contributed by atoms with Crippen molar-refractivity contribution in [3.63, 3.8) is 0 Å². The van der Waals surface area contributed by atoms with Crippen LogP contribution < -0.4 is 0 Å². The molecule has 0 saturated heterocycles. The van der Waals surface area contributed by atoms with Gasteiger partial charge in [-0.25, -0.2) is 13.4 Å². The second-order valence-electron chi connectivity index (χ2n) is 4.93. The van der Waals surface area contributed by atoms with Gasteiger partial charge >= 0.3 is 0 Å². The van der Waals surface area contributed by atoms with Gasteiger partial charge in [-0.1, -0.05) is 12.1 Å². The van der Waals surface area contributed by atoms with E-state index in [1.165, 1.54) is 6.26 Å². The first-order valence-electron chi connectivity index (χ1n) is 6.83. The molecule has 1 aromatic carbocycles. The summed E-state index contributed by atoms with van der Waals surface area (Å²) in [6, 6.07) is 6.91. The van der Waals surface area contributed by atoms with Crippen LogP contribution in [0, 0.1) is 0 Å². The van der Waals surface area contributed by atoms with Gasteiger partial charge in [0, 0.05) is 31.8 Å². The van der Waals surface area contributed by atoms with Crippen LogP contribution in [0.1, 0.15) is 31.3 Å². The Bertz CT molecular complexity index is 690. The smallest absolute Gasteiger partial charge is 0.175 e. The third-order valence-electron chi connectivity index (χ3n) is 3.23. The van der Waals surface area contributed by atoms with E-state index >= 15 is 0 Å². The minimum atomic E-state index is -3.15. The van der Waals surface area contributed by atoms with Crippen molar-refractivity contribution in [3.8, 4) is 0 Å². The molecule has 0 spiro atoms. The number of hydrogen-bond donors (Lipinski definition) is 0. The van der Waals surface area contributed by atoms with Gasteiger partial charge in [0.15, 0.2) is 9.84 Å². The van der Waals surface area contributed by atoms with E-state index in [0.717, 1.165) is 11.4 Å². The summed E-state index contributed by atoms with van der Waals surface area (Å²) < 4.78 is 30.5. The van der Waals surface area contributed by atoms with E-state index in [-0.39, 0.29) is 6.10 Å². The third kappa shape index (κ3) is 3.92. The van der Waals surface area contributed by atoms with E-state index in [1.54, 1.807) is 18.3 Å². The molecule has 21 heavy (non-hydrogen) atoms. The molecule has 114 valence electrons. The van der Waals surface area contributed by atoms with Crippen molar-refractivity contribution < 1.29 is 13.2 Å². The molecule has 0 bridgehead atoms. The van der Waals surface area contributed by atoms with Crippen molar-refractivity contribution in [1.29, 1.82) is 0 Å². The van der Waals surface area contributed by atoms with Crippen LogP contribution in [0.4, 0.5) is 0 Å². The molecule has 1 heterocycles. The van der Waals surface area contributed by atoms with Crippen LogP contribution in [-0.2, 0) is 21.1 Å². The summed E-state index contributed by atoms with van der Waals surface area (Å²) in [4.78, 5) is 4.66. The van der Waals surface area contributed by atoms with Gasteiger partial charge in [-0.15, -0.1) is 0 Å². The molecule has 0 amide bonds. The Balaban J connectivity index is 2.18. The summed E-state index contributed by atoms with van der Waals surface area (Å²) in [5.74, 6) is 0.865. The van der Waals surface area contributed by atoms with Crippen LogP contribution in [0.5, 0.6) is 0 Å². The SMILES string of the molecule is CCOC(C)c1nccn1Cc1ccc(S(C)(=O)=O)cc1. The first-order chi connectivity index (χ1) is 9.91. The van der Waals surface area contributed by atoms with E-state index in [9.17, 15) is 8.42 Å². The number of hydrogen-bond acceptors (Lipinski definition) is 4. The minimum Gasteiger partial charge on any atom is -0.371 e. The van der Waals surface area contributed by atoms with Crippen LogP contribution in [0.2, 0.25) is 0 Å². The molecule has 0 aliphatic rings. The summed E-state index contributed by atoms with van der Waals surface area (Å²) in [5.41, 5.74) is 1.02. The maximum absolute atomic E-state index is 11.4. The summed E-state index contributed by atoms with van der Waals surface area (Å²) >= 11 is 0. The fourth-order valence-corrected chi connectivity index (χ4v) is 2.81. The van der Waals surface area contributed by atoms with E-state index in [1.807, 2.05) is 36.7 Å². The molecule has 1 unspecified atom stereocenters. The molecular weight excluding hydrogens is 288 g/mol.